The van der Waals surface area contributed by atoms with Crippen LogP contribution < -0.4 is 5.73 Å². The molecule has 0 aromatic carbocycles. The summed E-state index contributed by atoms with van der Waals surface area (Å²) in [5.74, 6) is 0. The van der Waals surface area contributed by atoms with Gasteiger partial charge in [0.15, 0.2) is 5.13 Å². The van der Waals surface area contributed by atoms with E-state index in [9.17, 15) is 13.2 Å². The molecular formula is C8H12F3N3S. The molecule has 1 rings (SSSR count). The van der Waals surface area contributed by atoms with E-state index in [-0.39, 0.29) is 6.54 Å². The number of hydrogen-bond acceptors (Lipinski definition) is 4. The maximum absolute atomic E-state index is 11.9. The zero-order valence-corrected chi connectivity index (χ0v) is 9.03. The molecule has 0 aliphatic carbocycles. The van der Waals surface area contributed by atoms with Gasteiger partial charge in [-0.3, -0.25) is 0 Å². The second-order valence-corrected chi connectivity index (χ2v) is 4.41. The van der Waals surface area contributed by atoms with Gasteiger partial charge in [0.2, 0.25) is 0 Å². The SMILES string of the molecule is CN(CCC(F)(F)F)Cc1cnc(N)s1. The summed E-state index contributed by atoms with van der Waals surface area (Å²) in [5, 5.41) is 0.439. The number of aromatic nitrogens is 1. The molecule has 0 aliphatic rings. The average Bonchev–Trinajstić information content (AvgIpc) is 2.47. The Morgan fingerprint density at radius 3 is 2.67 bits per heavy atom. The minimum Gasteiger partial charge on any atom is -0.375 e. The first-order chi connectivity index (χ1) is 6.87. The van der Waals surface area contributed by atoms with Crippen LogP contribution in [0, 0.1) is 0 Å². The van der Waals surface area contributed by atoms with E-state index in [1.807, 2.05) is 0 Å². The van der Waals surface area contributed by atoms with Crippen molar-refractivity contribution in [2.24, 2.45) is 0 Å². The molecule has 0 atom stereocenters. The molecular weight excluding hydrogens is 227 g/mol. The maximum Gasteiger partial charge on any atom is 0.390 e. The van der Waals surface area contributed by atoms with Gasteiger partial charge in [-0.1, -0.05) is 0 Å². The van der Waals surface area contributed by atoms with Crippen molar-refractivity contribution in [3.63, 3.8) is 0 Å². The molecule has 1 aromatic heterocycles. The van der Waals surface area contributed by atoms with Crippen molar-refractivity contribution in [2.45, 2.75) is 19.1 Å². The van der Waals surface area contributed by atoms with Crippen molar-refractivity contribution in [3.8, 4) is 0 Å². The zero-order valence-electron chi connectivity index (χ0n) is 8.21. The molecule has 0 bridgehead atoms. The number of halogens is 3. The fraction of sp³-hybridized carbons (Fsp3) is 0.625. The molecule has 86 valence electrons. The lowest BCUT2D eigenvalue weighted by Crippen LogP contribution is -2.23. The van der Waals surface area contributed by atoms with E-state index in [0.29, 0.717) is 11.7 Å². The Bertz CT molecular complexity index is 310. The summed E-state index contributed by atoms with van der Waals surface area (Å²) in [5.41, 5.74) is 5.41. The molecule has 0 unspecified atom stereocenters. The lowest BCUT2D eigenvalue weighted by atomic mass is 10.4. The number of anilines is 1. The van der Waals surface area contributed by atoms with E-state index in [0.717, 1.165) is 4.88 Å². The van der Waals surface area contributed by atoms with Crippen LogP contribution in [0.5, 0.6) is 0 Å². The summed E-state index contributed by atoms with van der Waals surface area (Å²) < 4.78 is 35.7. The van der Waals surface area contributed by atoms with Gasteiger partial charge in [-0.15, -0.1) is 11.3 Å². The lowest BCUT2D eigenvalue weighted by Gasteiger charge is -2.16. The Morgan fingerprint density at radius 1 is 1.53 bits per heavy atom. The molecule has 3 nitrogen and oxygen atoms in total. The highest BCUT2D eigenvalue weighted by atomic mass is 32.1. The number of nitrogens with two attached hydrogens (primary N) is 1. The molecule has 0 saturated carbocycles. The minimum atomic E-state index is -4.10. The fourth-order valence-electron chi connectivity index (χ4n) is 1.06. The van der Waals surface area contributed by atoms with Crippen molar-refractivity contribution < 1.29 is 13.2 Å². The summed E-state index contributed by atoms with van der Waals surface area (Å²) in [6.07, 6.45) is -3.30. The Balaban J connectivity index is 2.33. The molecule has 1 aromatic rings. The summed E-state index contributed by atoms with van der Waals surface area (Å²) in [6, 6.07) is 0. The summed E-state index contributed by atoms with van der Waals surface area (Å²) >= 11 is 1.29. The monoisotopic (exact) mass is 239 g/mol. The van der Waals surface area contributed by atoms with Gasteiger partial charge in [0.25, 0.3) is 0 Å². The van der Waals surface area contributed by atoms with Gasteiger partial charge in [-0.25, -0.2) is 4.98 Å². The van der Waals surface area contributed by atoms with Gasteiger partial charge in [0.05, 0.1) is 6.42 Å². The van der Waals surface area contributed by atoms with Crippen LogP contribution in [0.4, 0.5) is 18.3 Å². The highest BCUT2D eigenvalue weighted by Gasteiger charge is 2.27. The van der Waals surface area contributed by atoms with Gasteiger partial charge in [-0.05, 0) is 7.05 Å². The predicted octanol–water partition coefficient (Wildman–Crippen LogP) is 2.11. The van der Waals surface area contributed by atoms with Gasteiger partial charge in [-0.2, -0.15) is 13.2 Å². The molecule has 2 N–H and O–H groups in total. The topological polar surface area (TPSA) is 42.2 Å². The van der Waals surface area contributed by atoms with Crippen molar-refractivity contribution >= 4 is 16.5 Å². The van der Waals surface area contributed by atoms with Gasteiger partial charge in [0, 0.05) is 24.2 Å². The van der Waals surface area contributed by atoms with E-state index in [1.54, 1.807) is 18.1 Å². The standard InChI is InChI=1S/C8H12F3N3S/c1-14(3-2-8(9,10)11)5-6-4-13-7(12)15-6/h4H,2-3,5H2,1H3,(H2,12,13). The molecule has 0 radical (unpaired) electrons. The van der Waals surface area contributed by atoms with E-state index in [4.69, 9.17) is 5.73 Å². The smallest absolute Gasteiger partial charge is 0.375 e. The lowest BCUT2D eigenvalue weighted by molar-refractivity contribution is -0.137. The van der Waals surface area contributed by atoms with E-state index in [2.05, 4.69) is 4.98 Å². The quantitative estimate of drug-likeness (QED) is 0.875. The number of nitrogens with zero attached hydrogens (tertiary/aromatic N) is 2. The van der Waals surface area contributed by atoms with Gasteiger partial charge < -0.3 is 10.6 Å². The second kappa shape index (κ2) is 4.80. The summed E-state index contributed by atoms with van der Waals surface area (Å²) in [4.78, 5) is 6.30. The van der Waals surface area contributed by atoms with Crippen molar-refractivity contribution in [3.05, 3.63) is 11.1 Å². The first kappa shape index (κ1) is 12.3. The maximum atomic E-state index is 11.9. The van der Waals surface area contributed by atoms with Gasteiger partial charge in [0.1, 0.15) is 0 Å². The highest BCUT2D eigenvalue weighted by Crippen LogP contribution is 2.21. The average molecular weight is 239 g/mol. The molecule has 0 fully saturated rings. The summed E-state index contributed by atoms with van der Waals surface area (Å²) in [7, 11) is 1.64. The molecule has 15 heavy (non-hydrogen) atoms. The third-order valence-electron chi connectivity index (χ3n) is 1.77. The zero-order chi connectivity index (χ0) is 11.5. The van der Waals surface area contributed by atoms with Crippen LogP contribution in [0.2, 0.25) is 0 Å². The van der Waals surface area contributed by atoms with Crippen LogP contribution in [0.3, 0.4) is 0 Å². The normalized spacial score (nSPS) is 12.3. The van der Waals surface area contributed by atoms with Crippen LogP contribution in [0.1, 0.15) is 11.3 Å². The number of hydrogen-bond donors (Lipinski definition) is 1. The summed E-state index contributed by atoms with van der Waals surface area (Å²) in [6.45, 7) is 0.437. The van der Waals surface area contributed by atoms with E-state index >= 15 is 0 Å². The molecule has 7 heteroatoms. The van der Waals surface area contributed by atoms with Crippen molar-refractivity contribution in [2.75, 3.05) is 19.3 Å². The second-order valence-electron chi connectivity index (χ2n) is 3.27. The van der Waals surface area contributed by atoms with Crippen LogP contribution >= 0.6 is 11.3 Å². The third kappa shape index (κ3) is 4.98. The van der Waals surface area contributed by atoms with Crippen LogP contribution in [-0.2, 0) is 6.54 Å². The minimum absolute atomic E-state index is 0.0126. The van der Waals surface area contributed by atoms with Crippen LogP contribution in [-0.4, -0.2) is 29.7 Å². The van der Waals surface area contributed by atoms with Gasteiger partial charge >= 0.3 is 6.18 Å². The molecule has 1 heterocycles. The van der Waals surface area contributed by atoms with E-state index in [1.165, 1.54) is 11.3 Å². The number of nitrogen functional groups attached to an aromatic ring is 1. The number of alkyl halides is 3. The molecule has 0 aliphatic heterocycles. The van der Waals surface area contributed by atoms with E-state index < -0.39 is 12.6 Å². The van der Waals surface area contributed by atoms with Crippen LogP contribution in [0.15, 0.2) is 6.20 Å². The first-order valence-corrected chi connectivity index (χ1v) is 5.14. The molecule has 0 saturated heterocycles. The Kier molecular flexibility index (Phi) is 3.92. The predicted molar refractivity (Wildman–Crippen MR) is 53.5 cm³/mol. The largest absolute Gasteiger partial charge is 0.390 e. The Hall–Kier alpha value is -0.820. The highest BCUT2D eigenvalue weighted by molar-refractivity contribution is 7.15. The third-order valence-corrected chi connectivity index (χ3v) is 2.59. The van der Waals surface area contributed by atoms with Crippen LogP contribution in [0.25, 0.3) is 0 Å². The van der Waals surface area contributed by atoms with Crippen molar-refractivity contribution in [1.29, 1.82) is 0 Å². The van der Waals surface area contributed by atoms with Crippen molar-refractivity contribution in [1.82, 2.24) is 9.88 Å². The number of rotatable bonds is 4. The Morgan fingerprint density at radius 2 is 2.20 bits per heavy atom. The molecule has 0 amide bonds. The molecule has 0 spiro atoms. The number of thiazole rings is 1. The fourth-order valence-corrected chi connectivity index (χ4v) is 1.82. The first-order valence-electron chi connectivity index (χ1n) is 4.32. The Labute approximate surface area is 89.7 Å².